The van der Waals surface area contributed by atoms with E-state index in [1.807, 2.05) is 6.92 Å². The molecule has 1 aliphatic carbocycles. The van der Waals surface area contributed by atoms with Gasteiger partial charge in [0.1, 0.15) is 12.5 Å². The lowest BCUT2D eigenvalue weighted by molar-refractivity contribution is -0.156. The molecule has 4 nitrogen and oxygen atoms in total. The van der Waals surface area contributed by atoms with Crippen LogP contribution in [-0.4, -0.2) is 24.6 Å². The van der Waals surface area contributed by atoms with E-state index in [0.29, 0.717) is 5.41 Å². The first-order valence-electron chi connectivity index (χ1n) is 6.88. The third-order valence-corrected chi connectivity index (χ3v) is 3.43. The maximum atomic E-state index is 11.6. The van der Waals surface area contributed by atoms with Gasteiger partial charge in [0, 0.05) is 0 Å². The molecule has 0 saturated heterocycles. The summed E-state index contributed by atoms with van der Waals surface area (Å²) in [6.45, 7) is 8.31. The van der Waals surface area contributed by atoms with E-state index in [1.54, 1.807) is 6.92 Å². The number of hydrogen-bond acceptors (Lipinski definition) is 4. The molecule has 0 N–H and O–H groups in total. The minimum absolute atomic E-state index is 0.252. The standard InChI is InChI=1S/C15H24O4/c1-5-18-13(16)10-14(17)19-11(2)12-6-8-15(3,4)9-7-12/h6,11H,5,7-10H2,1-4H3. The first-order chi connectivity index (χ1) is 8.84. The molecule has 0 radical (unpaired) electrons. The fourth-order valence-corrected chi connectivity index (χ4v) is 2.11. The van der Waals surface area contributed by atoms with E-state index in [-0.39, 0.29) is 19.1 Å². The fourth-order valence-electron chi connectivity index (χ4n) is 2.11. The molecule has 1 rings (SSSR count). The van der Waals surface area contributed by atoms with Gasteiger partial charge in [-0.3, -0.25) is 9.59 Å². The van der Waals surface area contributed by atoms with Gasteiger partial charge < -0.3 is 9.47 Å². The Hall–Kier alpha value is -1.32. The third kappa shape index (κ3) is 5.45. The summed E-state index contributed by atoms with van der Waals surface area (Å²) in [5, 5.41) is 0. The first-order valence-corrected chi connectivity index (χ1v) is 6.88. The van der Waals surface area contributed by atoms with Crippen LogP contribution in [0.4, 0.5) is 0 Å². The predicted molar refractivity (Wildman–Crippen MR) is 72.5 cm³/mol. The van der Waals surface area contributed by atoms with Crippen LogP contribution < -0.4 is 0 Å². The van der Waals surface area contributed by atoms with Crippen molar-refractivity contribution in [2.45, 2.75) is 59.5 Å². The van der Waals surface area contributed by atoms with E-state index >= 15 is 0 Å². The van der Waals surface area contributed by atoms with Gasteiger partial charge in [0.25, 0.3) is 0 Å². The molecular formula is C15H24O4. The van der Waals surface area contributed by atoms with Gasteiger partial charge in [-0.2, -0.15) is 0 Å². The van der Waals surface area contributed by atoms with Crippen molar-refractivity contribution < 1.29 is 19.1 Å². The summed E-state index contributed by atoms with van der Waals surface area (Å²) in [5.41, 5.74) is 1.48. The van der Waals surface area contributed by atoms with E-state index < -0.39 is 11.9 Å². The second kappa shape index (κ2) is 6.73. The average Bonchev–Trinajstić information content (AvgIpc) is 2.28. The molecule has 1 unspecified atom stereocenters. The van der Waals surface area contributed by atoms with Crippen molar-refractivity contribution >= 4 is 11.9 Å². The Bertz CT molecular complexity index is 368. The lowest BCUT2D eigenvalue weighted by Crippen LogP contribution is -2.24. The SMILES string of the molecule is CCOC(=O)CC(=O)OC(C)C1=CCC(C)(C)CC1. The monoisotopic (exact) mass is 268 g/mol. The summed E-state index contributed by atoms with van der Waals surface area (Å²) in [4.78, 5) is 22.7. The van der Waals surface area contributed by atoms with Crippen LogP contribution in [0, 0.1) is 5.41 Å². The number of esters is 2. The predicted octanol–water partition coefficient (Wildman–Crippen LogP) is 3.01. The largest absolute Gasteiger partial charge is 0.466 e. The van der Waals surface area contributed by atoms with Gasteiger partial charge in [-0.25, -0.2) is 0 Å². The zero-order chi connectivity index (χ0) is 14.5. The molecule has 19 heavy (non-hydrogen) atoms. The van der Waals surface area contributed by atoms with Crippen LogP contribution in [0.25, 0.3) is 0 Å². The maximum absolute atomic E-state index is 11.6. The molecule has 0 aromatic rings. The zero-order valence-corrected chi connectivity index (χ0v) is 12.3. The molecule has 1 aliphatic rings. The highest BCUT2D eigenvalue weighted by molar-refractivity contribution is 5.91. The molecule has 0 amide bonds. The minimum atomic E-state index is -0.529. The van der Waals surface area contributed by atoms with Crippen molar-refractivity contribution in [3.63, 3.8) is 0 Å². The van der Waals surface area contributed by atoms with E-state index in [2.05, 4.69) is 19.9 Å². The molecule has 1 atom stereocenters. The summed E-state index contributed by atoms with van der Waals surface area (Å²) >= 11 is 0. The van der Waals surface area contributed by atoms with Crippen LogP contribution >= 0.6 is 0 Å². The first kappa shape index (κ1) is 15.7. The summed E-state index contributed by atoms with van der Waals surface area (Å²) in [6.07, 6.45) is 4.64. The number of carbonyl (C=O) groups is 2. The summed E-state index contributed by atoms with van der Waals surface area (Å²) in [7, 11) is 0. The topological polar surface area (TPSA) is 52.6 Å². The number of rotatable bonds is 5. The van der Waals surface area contributed by atoms with E-state index in [0.717, 1.165) is 24.8 Å². The Morgan fingerprint density at radius 3 is 2.58 bits per heavy atom. The minimum Gasteiger partial charge on any atom is -0.466 e. The summed E-state index contributed by atoms with van der Waals surface area (Å²) in [5.74, 6) is -1.05. The highest BCUT2D eigenvalue weighted by atomic mass is 16.6. The second-order valence-electron chi connectivity index (χ2n) is 5.76. The Morgan fingerprint density at radius 1 is 1.37 bits per heavy atom. The van der Waals surface area contributed by atoms with E-state index in [4.69, 9.17) is 9.47 Å². The molecule has 0 aromatic heterocycles. The normalized spacial score (nSPS) is 19.3. The van der Waals surface area contributed by atoms with Crippen LogP contribution in [0.3, 0.4) is 0 Å². The van der Waals surface area contributed by atoms with Crippen LogP contribution in [-0.2, 0) is 19.1 Å². The van der Waals surface area contributed by atoms with Crippen molar-refractivity contribution in [1.82, 2.24) is 0 Å². The molecule has 4 heteroatoms. The molecule has 0 spiro atoms. The fraction of sp³-hybridized carbons (Fsp3) is 0.733. The number of allylic oxidation sites excluding steroid dienone is 1. The van der Waals surface area contributed by atoms with Gasteiger partial charge in [0.15, 0.2) is 0 Å². The quantitative estimate of drug-likeness (QED) is 0.437. The lowest BCUT2D eigenvalue weighted by Gasteiger charge is -2.30. The van der Waals surface area contributed by atoms with Crippen molar-refractivity contribution in [2.24, 2.45) is 5.41 Å². The number of hydrogen-bond donors (Lipinski definition) is 0. The summed E-state index contributed by atoms with van der Waals surface area (Å²) in [6, 6.07) is 0. The highest BCUT2D eigenvalue weighted by Crippen LogP contribution is 2.35. The summed E-state index contributed by atoms with van der Waals surface area (Å²) < 4.78 is 9.98. The molecular weight excluding hydrogens is 244 g/mol. The average molecular weight is 268 g/mol. The molecule has 0 fully saturated rings. The van der Waals surface area contributed by atoms with Crippen molar-refractivity contribution in [3.05, 3.63) is 11.6 Å². The van der Waals surface area contributed by atoms with E-state index in [9.17, 15) is 9.59 Å². The molecule has 0 bridgehead atoms. The highest BCUT2D eigenvalue weighted by Gasteiger charge is 2.25. The van der Waals surface area contributed by atoms with Gasteiger partial charge in [-0.15, -0.1) is 0 Å². The van der Waals surface area contributed by atoms with Gasteiger partial charge in [0.2, 0.25) is 0 Å². The van der Waals surface area contributed by atoms with Crippen LogP contribution in [0.2, 0.25) is 0 Å². The zero-order valence-electron chi connectivity index (χ0n) is 12.3. The Morgan fingerprint density at radius 2 is 2.05 bits per heavy atom. The Labute approximate surface area is 115 Å². The Balaban J connectivity index is 2.43. The van der Waals surface area contributed by atoms with Gasteiger partial charge in [0.05, 0.1) is 6.61 Å². The van der Waals surface area contributed by atoms with Gasteiger partial charge >= 0.3 is 11.9 Å². The molecule has 0 heterocycles. The Kier molecular flexibility index (Phi) is 5.58. The van der Waals surface area contributed by atoms with Crippen molar-refractivity contribution in [3.8, 4) is 0 Å². The molecule has 0 aromatic carbocycles. The molecule has 0 aliphatic heterocycles. The number of carbonyl (C=O) groups excluding carboxylic acids is 2. The van der Waals surface area contributed by atoms with Crippen LogP contribution in [0.15, 0.2) is 11.6 Å². The third-order valence-electron chi connectivity index (χ3n) is 3.43. The lowest BCUT2D eigenvalue weighted by atomic mass is 9.77. The maximum Gasteiger partial charge on any atom is 0.317 e. The van der Waals surface area contributed by atoms with Crippen LogP contribution in [0.5, 0.6) is 0 Å². The number of ether oxygens (including phenoxy) is 2. The van der Waals surface area contributed by atoms with Gasteiger partial charge in [-0.1, -0.05) is 19.9 Å². The smallest absolute Gasteiger partial charge is 0.317 e. The molecule has 108 valence electrons. The molecule has 0 saturated carbocycles. The van der Waals surface area contributed by atoms with E-state index in [1.165, 1.54) is 0 Å². The van der Waals surface area contributed by atoms with Crippen molar-refractivity contribution in [2.75, 3.05) is 6.61 Å². The van der Waals surface area contributed by atoms with Gasteiger partial charge in [-0.05, 0) is 44.1 Å². The van der Waals surface area contributed by atoms with Crippen molar-refractivity contribution in [1.29, 1.82) is 0 Å². The van der Waals surface area contributed by atoms with Crippen LogP contribution in [0.1, 0.15) is 53.4 Å². The second-order valence-corrected chi connectivity index (χ2v) is 5.76.